The molecule has 0 radical (unpaired) electrons. The molecule has 2 aliphatic heterocycles. The van der Waals surface area contributed by atoms with Crippen LogP contribution in [0, 0.1) is 5.92 Å². The van der Waals surface area contributed by atoms with Crippen LogP contribution in [0.15, 0.2) is 18.2 Å². The van der Waals surface area contributed by atoms with Crippen molar-refractivity contribution in [2.24, 2.45) is 5.92 Å². The van der Waals surface area contributed by atoms with Crippen molar-refractivity contribution in [3.63, 3.8) is 0 Å². The predicted octanol–water partition coefficient (Wildman–Crippen LogP) is 1.19. The number of nitrogens with zero attached hydrogens (tertiary/aromatic N) is 2. The lowest BCUT2D eigenvalue weighted by molar-refractivity contribution is -0.124. The van der Waals surface area contributed by atoms with E-state index in [2.05, 4.69) is 34.3 Å². The number of carbonyl (C=O) groups excluding carboxylic acids is 1. The van der Waals surface area contributed by atoms with Crippen LogP contribution in [0.3, 0.4) is 0 Å². The van der Waals surface area contributed by atoms with Crippen LogP contribution in [0.1, 0.15) is 36.4 Å². The van der Waals surface area contributed by atoms with Crippen molar-refractivity contribution >= 4 is 5.91 Å². The molecule has 2 fully saturated rings. The molecule has 1 aromatic carbocycles. The van der Waals surface area contributed by atoms with Crippen molar-refractivity contribution in [1.82, 2.24) is 15.1 Å². The highest BCUT2D eigenvalue weighted by molar-refractivity contribution is 5.78. The molecule has 2 heterocycles. The number of aliphatic hydroxyl groups is 1. The third-order valence-electron chi connectivity index (χ3n) is 6.19. The fraction of sp³-hybridized carbons (Fsp3) is 0.667. The number of hydrogen-bond donors (Lipinski definition) is 2. The number of hydrogen-bond acceptors (Lipinski definition) is 5. The van der Waals surface area contributed by atoms with Crippen LogP contribution in [0.4, 0.5) is 0 Å². The van der Waals surface area contributed by atoms with E-state index >= 15 is 0 Å². The average Bonchev–Trinajstić information content (AvgIpc) is 3.00. The van der Waals surface area contributed by atoms with Crippen LogP contribution in [0.25, 0.3) is 0 Å². The summed E-state index contributed by atoms with van der Waals surface area (Å²) in [6.45, 7) is 5.21. The van der Waals surface area contributed by atoms with E-state index in [1.165, 1.54) is 5.56 Å². The molecule has 0 aromatic heterocycles. The Morgan fingerprint density at radius 1 is 1.30 bits per heavy atom. The van der Waals surface area contributed by atoms with Gasteiger partial charge in [0.2, 0.25) is 5.91 Å². The van der Waals surface area contributed by atoms with Crippen LogP contribution in [-0.4, -0.2) is 73.3 Å². The molecular weight excluding hydrogens is 342 g/mol. The van der Waals surface area contributed by atoms with Crippen LogP contribution in [-0.2, 0) is 11.2 Å². The van der Waals surface area contributed by atoms with Crippen molar-refractivity contribution < 1.29 is 14.6 Å². The second-order valence-electron chi connectivity index (χ2n) is 8.33. The van der Waals surface area contributed by atoms with Crippen molar-refractivity contribution in [2.45, 2.75) is 37.8 Å². The summed E-state index contributed by atoms with van der Waals surface area (Å²) in [6, 6.07) is 6.25. The third kappa shape index (κ3) is 4.45. The fourth-order valence-electron chi connectivity index (χ4n) is 4.46. The summed E-state index contributed by atoms with van der Waals surface area (Å²) < 4.78 is 5.62. The van der Waals surface area contributed by atoms with Crippen molar-refractivity contribution in [3.8, 4) is 5.75 Å². The minimum atomic E-state index is -0.228. The number of likely N-dealkylation sites (N-methyl/N-ethyl adjacent to an activating group) is 1. The number of fused-ring (bicyclic) bond motifs is 1. The first-order chi connectivity index (χ1) is 13.1. The number of carbonyl (C=O) groups is 1. The monoisotopic (exact) mass is 373 g/mol. The molecular formula is C21H31N3O3. The normalized spacial score (nSPS) is 27.2. The Hall–Kier alpha value is -1.63. The van der Waals surface area contributed by atoms with E-state index in [0.29, 0.717) is 12.5 Å². The topological polar surface area (TPSA) is 65.0 Å². The molecule has 0 spiro atoms. The van der Waals surface area contributed by atoms with Crippen LogP contribution in [0.5, 0.6) is 5.75 Å². The van der Waals surface area contributed by atoms with E-state index in [1.807, 2.05) is 6.07 Å². The molecule has 1 aromatic rings. The summed E-state index contributed by atoms with van der Waals surface area (Å²) in [4.78, 5) is 17.4. The largest absolute Gasteiger partial charge is 0.493 e. The molecule has 1 atom stereocenters. The highest BCUT2D eigenvalue weighted by atomic mass is 16.5. The molecule has 1 unspecified atom stereocenters. The number of rotatable bonds is 5. The lowest BCUT2D eigenvalue weighted by Gasteiger charge is -2.38. The first-order valence-corrected chi connectivity index (χ1v) is 10.2. The molecule has 6 heteroatoms. The molecule has 6 nitrogen and oxygen atoms in total. The van der Waals surface area contributed by atoms with Gasteiger partial charge < -0.3 is 20.1 Å². The number of aliphatic hydroxyl groups excluding tert-OH is 1. The van der Waals surface area contributed by atoms with Crippen molar-refractivity contribution in [1.29, 1.82) is 0 Å². The zero-order chi connectivity index (χ0) is 18.8. The summed E-state index contributed by atoms with van der Waals surface area (Å²) >= 11 is 0. The Balaban J connectivity index is 1.42. The minimum absolute atomic E-state index is 0.0264. The standard InChI is InChI=1S/C21H31N3O3/c1-23-6-2-7-24(9-8-23)14-20(26)22-21(17-12-18(25)13-17)16-3-4-19-15(11-16)5-10-27-19/h3-4,11,17-18,21,25H,2,5-10,12-14H2,1H3,(H,22,26). The zero-order valence-corrected chi connectivity index (χ0v) is 16.2. The molecule has 1 amide bonds. The lowest BCUT2D eigenvalue weighted by atomic mass is 9.75. The van der Waals surface area contributed by atoms with Crippen LogP contribution < -0.4 is 10.1 Å². The maximum atomic E-state index is 12.8. The third-order valence-corrected chi connectivity index (χ3v) is 6.19. The van der Waals surface area contributed by atoms with Gasteiger partial charge in [0.1, 0.15) is 5.75 Å². The summed E-state index contributed by atoms with van der Waals surface area (Å²) in [5.41, 5.74) is 2.36. The van der Waals surface area contributed by atoms with E-state index in [4.69, 9.17) is 4.74 Å². The Labute approximate surface area is 161 Å². The molecule has 1 aliphatic carbocycles. The van der Waals surface area contributed by atoms with E-state index < -0.39 is 0 Å². The SMILES string of the molecule is CN1CCCN(CC(=O)NC(c2ccc3c(c2)CCO3)C2CC(O)C2)CC1. The van der Waals surface area contributed by atoms with E-state index in [-0.39, 0.29) is 18.1 Å². The second-order valence-corrected chi connectivity index (χ2v) is 8.33. The van der Waals surface area contributed by atoms with Gasteiger partial charge in [-0.2, -0.15) is 0 Å². The molecule has 1 saturated carbocycles. The van der Waals surface area contributed by atoms with Crippen LogP contribution in [0.2, 0.25) is 0 Å². The van der Waals surface area contributed by atoms with Gasteiger partial charge in [0.25, 0.3) is 0 Å². The van der Waals surface area contributed by atoms with Crippen molar-refractivity contribution in [2.75, 3.05) is 46.4 Å². The molecule has 27 heavy (non-hydrogen) atoms. The Morgan fingerprint density at radius 3 is 2.96 bits per heavy atom. The molecule has 2 N–H and O–H groups in total. The second kappa shape index (κ2) is 8.17. The Bertz CT molecular complexity index is 675. The van der Waals surface area contributed by atoms with Gasteiger partial charge in [-0.1, -0.05) is 6.07 Å². The maximum absolute atomic E-state index is 12.8. The van der Waals surface area contributed by atoms with E-state index in [0.717, 1.165) is 69.8 Å². The number of nitrogens with one attached hydrogen (secondary N) is 1. The molecule has 1 saturated heterocycles. The highest BCUT2D eigenvalue weighted by Crippen LogP contribution is 2.39. The molecule has 3 aliphatic rings. The summed E-state index contributed by atoms with van der Waals surface area (Å²) in [5.74, 6) is 1.36. The van der Waals surface area contributed by atoms with Gasteiger partial charge in [-0.15, -0.1) is 0 Å². The minimum Gasteiger partial charge on any atom is -0.493 e. The average molecular weight is 373 g/mol. The van der Waals surface area contributed by atoms with Gasteiger partial charge in [-0.05, 0) is 68.6 Å². The number of amides is 1. The lowest BCUT2D eigenvalue weighted by Crippen LogP contribution is -2.45. The maximum Gasteiger partial charge on any atom is 0.234 e. The van der Waals surface area contributed by atoms with Gasteiger partial charge >= 0.3 is 0 Å². The van der Waals surface area contributed by atoms with Gasteiger partial charge in [0.05, 0.1) is 25.3 Å². The smallest absolute Gasteiger partial charge is 0.234 e. The molecule has 4 rings (SSSR count). The van der Waals surface area contributed by atoms with Gasteiger partial charge in [0, 0.05) is 19.5 Å². The van der Waals surface area contributed by atoms with E-state index in [1.54, 1.807) is 0 Å². The Kier molecular flexibility index (Phi) is 5.66. The van der Waals surface area contributed by atoms with Crippen LogP contribution >= 0.6 is 0 Å². The fourth-order valence-corrected chi connectivity index (χ4v) is 4.46. The number of benzene rings is 1. The molecule has 0 bridgehead atoms. The number of ether oxygens (including phenoxy) is 1. The van der Waals surface area contributed by atoms with E-state index in [9.17, 15) is 9.90 Å². The van der Waals surface area contributed by atoms with Gasteiger partial charge in [-0.25, -0.2) is 0 Å². The summed E-state index contributed by atoms with van der Waals surface area (Å²) in [5, 5.41) is 13.1. The highest BCUT2D eigenvalue weighted by Gasteiger charge is 2.36. The first kappa shape index (κ1) is 18.7. The zero-order valence-electron chi connectivity index (χ0n) is 16.2. The quantitative estimate of drug-likeness (QED) is 0.812. The Morgan fingerprint density at radius 2 is 2.15 bits per heavy atom. The first-order valence-electron chi connectivity index (χ1n) is 10.2. The molecule has 148 valence electrons. The van der Waals surface area contributed by atoms with Crippen molar-refractivity contribution in [3.05, 3.63) is 29.3 Å². The van der Waals surface area contributed by atoms with Gasteiger partial charge in [-0.3, -0.25) is 9.69 Å². The summed E-state index contributed by atoms with van der Waals surface area (Å²) in [7, 11) is 2.14. The predicted molar refractivity (Wildman–Crippen MR) is 104 cm³/mol. The summed E-state index contributed by atoms with van der Waals surface area (Å²) in [6.07, 6.45) is 3.32. The van der Waals surface area contributed by atoms with Gasteiger partial charge in [0.15, 0.2) is 0 Å².